The van der Waals surface area contributed by atoms with Crippen molar-refractivity contribution in [3.8, 4) is 0 Å². The molecule has 2 rings (SSSR count). The van der Waals surface area contributed by atoms with Crippen LogP contribution in [0, 0.1) is 0 Å². The van der Waals surface area contributed by atoms with Crippen LogP contribution in [0.5, 0.6) is 0 Å². The summed E-state index contributed by atoms with van der Waals surface area (Å²) >= 11 is 9.36. The van der Waals surface area contributed by atoms with Crippen molar-refractivity contribution in [1.82, 2.24) is 10.2 Å². The molecule has 0 unspecified atom stereocenters. The van der Waals surface area contributed by atoms with E-state index >= 15 is 0 Å². The van der Waals surface area contributed by atoms with Gasteiger partial charge in [0.1, 0.15) is 0 Å². The fourth-order valence-electron chi connectivity index (χ4n) is 2.23. The van der Waals surface area contributed by atoms with Gasteiger partial charge in [-0.05, 0) is 54.0 Å². The van der Waals surface area contributed by atoms with E-state index in [9.17, 15) is 4.79 Å². The highest BCUT2D eigenvalue weighted by Gasteiger charge is 2.24. The fraction of sp³-hybridized carbons (Fsp3) is 0.462. The van der Waals surface area contributed by atoms with Gasteiger partial charge in [-0.3, -0.25) is 4.79 Å². The predicted molar refractivity (Wildman–Crippen MR) is 77.1 cm³/mol. The Balaban J connectivity index is 2.17. The van der Waals surface area contributed by atoms with E-state index in [1.54, 1.807) is 12.1 Å². The van der Waals surface area contributed by atoms with E-state index < -0.39 is 0 Å². The molecular weight excluding hydrogens is 316 g/mol. The van der Waals surface area contributed by atoms with Crippen LogP contribution in [0.25, 0.3) is 0 Å². The largest absolute Gasteiger partial charge is 0.337 e. The quantitative estimate of drug-likeness (QED) is 0.904. The maximum atomic E-state index is 12.4. The smallest absolute Gasteiger partial charge is 0.255 e. The first-order chi connectivity index (χ1) is 8.61. The van der Waals surface area contributed by atoms with Gasteiger partial charge in [-0.1, -0.05) is 11.6 Å². The van der Waals surface area contributed by atoms with Crippen molar-refractivity contribution in [3.05, 3.63) is 33.3 Å². The van der Waals surface area contributed by atoms with Crippen LogP contribution < -0.4 is 5.32 Å². The number of rotatable bonds is 2. The van der Waals surface area contributed by atoms with E-state index in [4.69, 9.17) is 11.6 Å². The molecular formula is C13H16BrClN2O. The molecule has 1 aliphatic rings. The maximum absolute atomic E-state index is 12.4. The van der Waals surface area contributed by atoms with Gasteiger partial charge in [-0.25, -0.2) is 0 Å². The van der Waals surface area contributed by atoms with Crippen molar-refractivity contribution < 1.29 is 4.79 Å². The molecule has 0 spiro atoms. The van der Waals surface area contributed by atoms with Crippen molar-refractivity contribution in [2.24, 2.45) is 0 Å². The number of benzene rings is 1. The van der Waals surface area contributed by atoms with Crippen molar-refractivity contribution in [2.45, 2.75) is 18.9 Å². The highest BCUT2D eigenvalue weighted by Crippen LogP contribution is 2.24. The Kier molecular flexibility index (Phi) is 4.65. The summed E-state index contributed by atoms with van der Waals surface area (Å²) < 4.78 is 0.795. The first kappa shape index (κ1) is 13.8. The summed E-state index contributed by atoms with van der Waals surface area (Å²) in [7, 11) is 1.94. The maximum Gasteiger partial charge on any atom is 0.255 e. The summed E-state index contributed by atoms with van der Waals surface area (Å²) in [4.78, 5) is 14.3. The second-order valence-corrected chi connectivity index (χ2v) is 5.79. The van der Waals surface area contributed by atoms with Crippen LogP contribution in [0.15, 0.2) is 22.7 Å². The molecule has 1 heterocycles. The molecule has 0 saturated carbocycles. The van der Waals surface area contributed by atoms with Gasteiger partial charge in [-0.2, -0.15) is 0 Å². The molecule has 1 N–H and O–H groups in total. The SMILES string of the molecule is CN[C@H]1CCCN(C(=O)c2cc(Cl)ccc2Br)C1. The number of likely N-dealkylation sites (tertiary alicyclic amines) is 1. The molecule has 1 atom stereocenters. The first-order valence-electron chi connectivity index (χ1n) is 6.03. The van der Waals surface area contributed by atoms with Gasteiger partial charge in [0.2, 0.25) is 0 Å². The summed E-state index contributed by atoms with van der Waals surface area (Å²) in [5, 5.41) is 3.82. The van der Waals surface area contributed by atoms with Gasteiger partial charge in [-0.15, -0.1) is 0 Å². The third-order valence-electron chi connectivity index (χ3n) is 3.28. The molecule has 0 aliphatic carbocycles. The number of hydrogen-bond donors (Lipinski definition) is 1. The number of piperidine rings is 1. The second-order valence-electron chi connectivity index (χ2n) is 4.50. The number of halogens is 2. The zero-order valence-electron chi connectivity index (χ0n) is 10.2. The monoisotopic (exact) mass is 330 g/mol. The van der Waals surface area contributed by atoms with Gasteiger partial charge in [0.25, 0.3) is 5.91 Å². The van der Waals surface area contributed by atoms with E-state index in [2.05, 4.69) is 21.2 Å². The van der Waals surface area contributed by atoms with Gasteiger partial charge in [0, 0.05) is 28.6 Å². The number of likely N-dealkylation sites (N-methyl/N-ethyl adjacent to an activating group) is 1. The summed E-state index contributed by atoms with van der Waals surface area (Å²) in [5.74, 6) is 0.0457. The minimum atomic E-state index is 0.0457. The van der Waals surface area contributed by atoms with Crippen LogP contribution in [0.1, 0.15) is 23.2 Å². The van der Waals surface area contributed by atoms with E-state index in [0.29, 0.717) is 16.6 Å². The summed E-state index contributed by atoms with van der Waals surface area (Å²) in [6.45, 7) is 1.57. The van der Waals surface area contributed by atoms with Crippen LogP contribution in [0.2, 0.25) is 5.02 Å². The van der Waals surface area contributed by atoms with Crippen LogP contribution in [-0.4, -0.2) is 37.0 Å². The molecule has 0 aromatic heterocycles. The van der Waals surface area contributed by atoms with E-state index in [-0.39, 0.29) is 5.91 Å². The Hall–Kier alpha value is -0.580. The molecule has 18 heavy (non-hydrogen) atoms. The topological polar surface area (TPSA) is 32.3 Å². The molecule has 1 aliphatic heterocycles. The molecule has 1 aromatic rings. The summed E-state index contributed by atoms with van der Waals surface area (Å²) in [6, 6.07) is 5.70. The van der Waals surface area contributed by atoms with E-state index in [0.717, 1.165) is 30.4 Å². The summed E-state index contributed by atoms with van der Waals surface area (Å²) in [6.07, 6.45) is 2.16. The lowest BCUT2D eigenvalue weighted by molar-refractivity contribution is 0.0697. The lowest BCUT2D eigenvalue weighted by Crippen LogP contribution is -2.47. The second kappa shape index (κ2) is 6.04. The number of hydrogen-bond acceptors (Lipinski definition) is 2. The fourth-order valence-corrected chi connectivity index (χ4v) is 2.82. The Labute approximate surface area is 121 Å². The number of amides is 1. The average Bonchev–Trinajstić information content (AvgIpc) is 2.41. The molecule has 1 aromatic carbocycles. The third-order valence-corrected chi connectivity index (χ3v) is 4.20. The molecule has 0 bridgehead atoms. The van der Waals surface area contributed by atoms with Gasteiger partial charge in [0.05, 0.1) is 5.56 Å². The molecule has 1 amide bonds. The molecule has 5 heteroatoms. The average molecular weight is 332 g/mol. The van der Waals surface area contributed by atoms with Crippen LogP contribution in [0.3, 0.4) is 0 Å². The highest BCUT2D eigenvalue weighted by atomic mass is 79.9. The summed E-state index contributed by atoms with van der Waals surface area (Å²) in [5.41, 5.74) is 0.638. The van der Waals surface area contributed by atoms with E-state index in [1.807, 2.05) is 18.0 Å². The minimum Gasteiger partial charge on any atom is -0.337 e. The van der Waals surface area contributed by atoms with Crippen LogP contribution in [0.4, 0.5) is 0 Å². The third kappa shape index (κ3) is 3.05. The zero-order valence-corrected chi connectivity index (χ0v) is 12.6. The van der Waals surface area contributed by atoms with Crippen molar-refractivity contribution in [3.63, 3.8) is 0 Å². The highest BCUT2D eigenvalue weighted by molar-refractivity contribution is 9.10. The number of nitrogens with one attached hydrogen (secondary N) is 1. The van der Waals surface area contributed by atoms with Crippen LogP contribution in [-0.2, 0) is 0 Å². The normalized spacial score (nSPS) is 19.9. The van der Waals surface area contributed by atoms with Gasteiger partial charge >= 0.3 is 0 Å². The molecule has 1 fully saturated rings. The molecule has 98 valence electrons. The first-order valence-corrected chi connectivity index (χ1v) is 7.20. The molecule has 3 nitrogen and oxygen atoms in total. The Morgan fingerprint density at radius 3 is 3.06 bits per heavy atom. The van der Waals surface area contributed by atoms with Gasteiger partial charge < -0.3 is 10.2 Å². The molecule has 0 radical (unpaired) electrons. The standard InChI is InChI=1S/C13H16BrClN2O/c1-16-10-3-2-6-17(8-10)13(18)11-7-9(15)4-5-12(11)14/h4-5,7,10,16H,2-3,6,8H2,1H3/t10-/m0/s1. The Morgan fingerprint density at radius 2 is 2.33 bits per heavy atom. The Morgan fingerprint density at radius 1 is 1.56 bits per heavy atom. The number of carbonyl (C=O) groups excluding carboxylic acids is 1. The Bertz CT molecular complexity index is 453. The zero-order chi connectivity index (χ0) is 13.1. The molecule has 1 saturated heterocycles. The number of carbonyl (C=O) groups is 1. The van der Waals surface area contributed by atoms with Crippen LogP contribution >= 0.6 is 27.5 Å². The number of nitrogens with zero attached hydrogens (tertiary/aromatic N) is 1. The van der Waals surface area contributed by atoms with Crippen molar-refractivity contribution in [1.29, 1.82) is 0 Å². The van der Waals surface area contributed by atoms with Crippen molar-refractivity contribution >= 4 is 33.4 Å². The van der Waals surface area contributed by atoms with Gasteiger partial charge in [0.15, 0.2) is 0 Å². The van der Waals surface area contributed by atoms with Crippen molar-refractivity contribution in [2.75, 3.05) is 20.1 Å². The van der Waals surface area contributed by atoms with E-state index in [1.165, 1.54) is 0 Å². The lowest BCUT2D eigenvalue weighted by atomic mass is 10.0. The predicted octanol–water partition coefficient (Wildman–Crippen LogP) is 2.93. The minimum absolute atomic E-state index is 0.0457. The lowest BCUT2D eigenvalue weighted by Gasteiger charge is -2.32.